The van der Waals surface area contributed by atoms with E-state index in [-0.39, 0.29) is 0 Å². The lowest BCUT2D eigenvalue weighted by atomic mass is 10.0. The van der Waals surface area contributed by atoms with E-state index in [1.807, 2.05) is 63.4 Å². The molecule has 0 aliphatic carbocycles. The summed E-state index contributed by atoms with van der Waals surface area (Å²) in [6.45, 7) is 5.96. The Morgan fingerprint density at radius 3 is 2.35 bits per heavy atom. The lowest BCUT2D eigenvalue weighted by Gasteiger charge is -2.23. The Bertz CT molecular complexity index is 714. The van der Waals surface area contributed by atoms with Gasteiger partial charge in [-0.1, -0.05) is 48.6 Å². The van der Waals surface area contributed by atoms with E-state index in [1.165, 1.54) is 6.21 Å². The van der Waals surface area contributed by atoms with Crippen molar-refractivity contribution in [3.8, 4) is 0 Å². The maximum absolute atomic E-state index is 7.43. The number of hydrogen-bond acceptors (Lipinski definition) is 3. The number of hydrogen-bond donors (Lipinski definition) is 3. The Hall–Kier alpha value is -2.81. The van der Waals surface area contributed by atoms with Crippen molar-refractivity contribution in [2.75, 3.05) is 0 Å². The summed E-state index contributed by atoms with van der Waals surface area (Å²) in [7, 11) is 0. The van der Waals surface area contributed by atoms with Crippen molar-refractivity contribution in [2.45, 2.75) is 20.8 Å². The molecule has 0 bridgehead atoms. The van der Waals surface area contributed by atoms with Crippen LogP contribution in [0.2, 0.25) is 0 Å². The molecule has 118 valence electrons. The molecule has 2 rings (SSSR count). The van der Waals surface area contributed by atoms with Crippen LogP contribution in [0.25, 0.3) is 11.3 Å². The molecule has 0 aromatic heterocycles. The zero-order valence-corrected chi connectivity index (χ0v) is 13.9. The summed E-state index contributed by atoms with van der Waals surface area (Å²) in [6, 6.07) is 8.21. The van der Waals surface area contributed by atoms with E-state index in [9.17, 15) is 0 Å². The zero-order chi connectivity index (χ0) is 16.7. The molecule has 0 saturated carbocycles. The van der Waals surface area contributed by atoms with Crippen molar-refractivity contribution in [2.24, 2.45) is 0 Å². The Morgan fingerprint density at radius 2 is 1.78 bits per heavy atom. The molecule has 0 saturated heterocycles. The van der Waals surface area contributed by atoms with E-state index >= 15 is 0 Å². The molecule has 0 atom stereocenters. The van der Waals surface area contributed by atoms with Gasteiger partial charge in [-0.15, -0.1) is 0 Å². The van der Waals surface area contributed by atoms with Gasteiger partial charge < -0.3 is 16.0 Å². The summed E-state index contributed by atoms with van der Waals surface area (Å²) >= 11 is 0. The minimum absolute atomic E-state index is 0.921. The zero-order valence-electron chi connectivity index (χ0n) is 13.9. The van der Waals surface area contributed by atoms with Gasteiger partial charge in [-0.3, -0.25) is 0 Å². The van der Waals surface area contributed by atoms with Gasteiger partial charge in [0, 0.05) is 12.4 Å². The number of allylic oxidation sites excluding steroid dienone is 6. The van der Waals surface area contributed by atoms with E-state index in [0.29, 0.717) is 0 Å². The quantitative estimate of drug-likeness (QED) is 0.712. The van der Waals surface area contributed by atoms with Crippen LogP contribution in [0.5, 0.6) is 0 Å². The minimum Gasteiger partial charge on any atom is -0.358 e. The fourth-order valence-corrected chi connectivity index (χ4v) is 2.37. The third-order valence-corrected chi connectivity index (χ3v) is 3.67. The van der Waals surface area contributed by atoms with Crippen LogP contribution < -0.4 is 10.6 Å². The van der Waals surface area contributed by atoms with Gasteiger partial charge in [-0.05, 0) is 43.5 Å². The fraction of sp³-hybridized carbons (Fsp3) is 0.150. The first-order valence-electron chi connectivity index (χ1n) is 7.74. The van der Waals surface area contributed by atoms with Gasteiger partial charge in [-0.2, -0.15) is 0 Å². The summed E-state index contributed by atoms with van der Waals surface area (Å²) in [6.07, 6.45) is 13.4. The van der Waals surface area contributed by atoms with E-state index < -0.39 is 0 Å². The van der Waals surface area contributed by atoms with Crippen molar-refractivity contribution >= 4 is 17.5 Å². The van der Waals surface area contributed by atoms with Gasteiger partial charge in [0.25, 0.3) is 0 Å². The molecule has 0 radical (unpaired) electrons. The first-order chi connectivity index (χ1) is 11.2. The summed E-state index contributed by atoms with van der Waals surface area (Å²) in [4.78, 5) is 0. The number of benzene rings is 1. The van der Waals surface area contributed by atoms with Crippen LogP contribution in [0.15, 0.2) is 72.2 Å². The highest BCUT2D eigenvalue weighted by molar-refractivity contribution is 6.08. The molecular weight excluding hydrogens is 282 g/mol. The molecule has 1 aromatic carbocycles. The van der Waals surface area contributed by atoms with Gasteiger partial charge >= 0.3 is 0 Å². The van der Waals surface area contributed by atoms with Crippen LogP contribution in [-0.4, -0.2) is 6.21 Å². The molecule has 0 fully saturated rings. The topological polar surface area (TPSA) is 47.9 Å². The Labute approximate surface area is 138 Å². The molecule has 3 heteroatoms. The average molecular weight is 305 g/mol. The van der Waals surface area contributed by atoms with Crippen molar-refractivity contribution in [1.82, 2.24) is 10.6 Å². The van der Waals surface area contributed by atoms with Crippen molar-refractivity contribution < 1.29 is 0 Å². The molecule has 0 spiro atoms. The van der Waals surface area contributed by atoms with Crippen molar-refractivity contribution in [3.05, 3.63) is 83.4 Å². The van der Waals surface area contributed by atoms with Gasteiger partial charge in [0.15, 0.2) is 0 Å². The molecule has 1 aromatic rings. The van der Waals surface area contributed by atoms with Crippen molar-refractivity contribution in [1.29, 1.82) is 5.41 Å². The first-order valence-corrected chi connectivity index (χ1v) is 7.74. The fourth-order valence-electron chi connectivity index (χ4n) is 2.37. The van der Waals surface area contributed by atoms with Gasteiger partial charge in [0.1, 0.15) is 0 Å². The highest BCUT2D eigenvalue weighted by Crippen LogP contribution is 2.21. The molecular formula is C20H23N3. The molecule has 3 N–H and O–H groups in total. The number of rotatable bonds is 4. The van der Waals surface area contributed by atoms with Crippen LogP contribution in [-0.2, 0) is 0 Å². The predicted molar refractivity (Wildman–Crippen MR) is 99.8 cm³/mol. The SMILES string of the molecule is C\C=C/C=C1/NC(c2ccc(/C(C=N)=C/C)cc2)=CN/C1=C/C. The smallest absolute Gasteiger partial charge is 0.0621 e. The van der Waals surface area contributed by atoms with Crippen LogP contribution in [0, 0.1) is 5.41 Å². The van der Waals surface area contributed by atoms with Crippen LogP contribution in [0.1, 0.15) is 31.9 Å². The normalized spacial score (nSPS) is 18.7. The second-order valence-electron chi connectivity index (χ2n) is 5.10. The van der Waals surface area contributed by atoms with Crippen LogP contribution in [0.3, 0.4) is 0 Å². The highest BCUT2D eigenvalue weighted by Gasteiger charge is 2.12. The second-order valence-corrected chi connectivity index (χ2v) is 5.10. The highest BCUT2D eigenvalue weighted by atomic mass is 15.0. The molecule has 1 aliphatic rings. The molecule has 0 amide bonds. The van der Waals surface area contributed by atoms with Gasteiger partial charge in [0.05, 0.1) is 17.1 Å². The summed E-state index contributed by atoms with van der Waals surface area (Å²) in [5.74, 6) is 0. The summed E-state index contributed by atoms with van der Waals surface area (Å²) in [5.41, 5.74) is 6.20. The Balaban J connectivity index is 2.29. The molecule has 1 aliphatic heterocycles. The molecule has 1 heterocycles. The summed E-state index contributed by atoms with van der Waals surface area (Å²) in [5, 5.41) is 14.2. The average Bonchev–Trinajstić information content (AvgIpc) is 2.61. The molecule has 23 heavy (non-hydrogen) atoms. The Kier molecular flexibility index (Phi) is 5.75. The minimum atomic E-state index is 0.921. The second kappa shape index (κ2) is 7.99. The maximum atomic E-state index is 7.43. The molecule has 0 unspecified atom stereocenters. The first kappa shape index (κ1) is 16.6. The van der Waals surface area contributed by atoms with E-state index in [1.54, 1.807) is 0 Å². The predicted octanol–water partition coefficient (Wildman–Crippen LogP) is 4.59. The van der Waals surface area contributed by atoms with Gasteiger partial charge in [-0.25, -0.2) is 0 Å². The van der Waals surface area contributed by atoms with Crippen LogP contribution in [0.4, 0.5) is 0 Å². The van der Waals surface area contributed by atoms with Crippen LogP contribution >= 0.6 is 0 Å². The van der Waals surface area contributed by atoms with E-state index in [4.69, 9.17) is 5.41 Å². The van der Waals surface area contributed by atoms with E-state index in [2.05, 4.69) is 28.8 Å². The monoisotopic (exact) mass is 305 g/mol. The Morgan fingerprint density at radius 1 is 1.04 bits per heavy atom. The lowest BCUT2D eigenvalue weighted by molar-refractivity contribution is 0.929. The third-order valence-electron chi connectivity index (χ3n) is 3.67. The third kappa shape index (κ3) is 3.89. The molecule has 3 nitrogen and oxygen atoms in total. The maximum Gasteiger partial charge on any atom is 0.0621 e. The standard InChI is InChI=1S/C20H23N3/c1-4-7-8-19-18(6-3)22-14-20(23-19)17-11-9-16(10-12-17)15(5-2)13-21/h4-14,21-23H,1-3H3/b7-4-,15-5+,18-6+,19-8+,21-13?. The van der Waals surface area contributed by atoms with Gasteiger partial charge in [0.2, 0.25) is 0 Å². The largest absolute Gasteiger partial charge is 0.358 e. The van der Waals surface area contributed by atoms with Crippen molar-refractivity contribution in [3.63, 3.8) is 0 Å². The summed E-state index contributed by atoms with van der Waals surface area (Å²) < 4.78 is 0. The lowest BCUT2D eigenvalue weighted by Crippen LogP contribution is -2.26. The van der Waals surface area contributed by atoms with E-state index in [0.717, 1.165) is 33.8 Å². The number of nitrogens with one attached hydrogen (secondary N) is 3.